The zero-order chi connectivity index (χ0) is 30.1. The number of amides is 1. The summed E-state index contributed by atoms with van der Waals surface area (Å²) in [6.45, 7) is 7.64. The normalized spacial score (nSPS) is 19.8. The predicted octanol–water partition coefficient (Wildman–Crippen LogP) is 3.54. The molecule has 1 N–H and O–H groups in total. The van der Waals surface area contributed by atoms with Gasteiger partial charge >= 0.3 is 0 Å². The van der Waals surface area contributed by atoms with Crippen LogP contribution >= 0.6 is 0 Å². The van der Waals surface area contributed by atoms with Gasteiger partial charge in [-0.05, 0) is 33.0 Å². The number of alkyl halides is 2. The van der Waals surface area contributed by atoms with E-state index in [0.717, 1.165) is 16.8 Å². The van der Waals surface area contributed by atoms with Crippen LogP contribution in [0.1, 0.15) is 36.2 Å². The van der Waals surface area contributed by atoms with Crippen LogP contribution in [-0.2, 0) is 11.8 Å². The van der Waals surface area contributed by atoms with Crippen LogP contribution in [0, 0.1) is 5.82 Å². The lowest BCUT2D eigenvalue weighted by atomic mass is 10.0. The van der Waals surface area contributed by atoms with E-state index in [1.54, 1.807) is 0 Å². The van der Waals surface area contributed by atoms with E-state index < -0.39 is 29.3 Å². The van der Waals surface area contributed by atoms with Crippen LogP contribution in [0.15, 0.2) is 41.6 Å². The second-order valence-corrected chi connectivity index (χ2v) is 10.9. The molecule has 13 heteroatoms. The minimum absolute atomic E-state index is 0.0871. The van der Waals surface area contributed by atoms with Crippen molar-refractivity contribution >= 4 is 23.2 Å². The van der Waals surface area contributed by atoms with Gasteiger partial charge in [0.2, 0.25) is 5.95 Å². The van der Waals surface area contributed by atoms with Gasteiger partial charge in [0.1, 0.15) is 5.82 Å². The summed E-state index contributed by atoms with van der Waals surface area (Å²) in [4.78, 5) is 40.5. The van der Waals surface area contributed by atoms with Crippen molar-refractivity contribution in [2.75, 3.05) is 61.6 Å². The average Bonchev–Trinajstić information content (AvgIpc) is 2.96. The fourth-order valence-corrected chi connectivity index (χ4v) is 5.25. The van der Waals surface area contributed by atoms with Gasteiger partial charge in [-0.3, -0.25) is 9.59 Å². The molecule has 2 aliphatic rings. The number of aryl methyl sites for hydroxylation is 1. The highest BCUT2D eigenvalue weighted by Crippen LogP contribution is 2.36. The van der Waals surface area contributed by atoms with Crippen LogP contribution in [0.25, 0.3) is 11.1 Å². The number of likely N-dealkylation sites (N-methyl/N-ethyl adjacent to an activating group) is 1. The quantitative estimate of drug-likeness (QED) is 0.470. The summed E-state index contributed by atoms with van der Waals surface area (Å²) in [5.41, 5.74) is -0.473. The SMILES string of the molecule is C[C@H]1CN(c2cc(F)c(-c3cnc(N4CCOC[C@@H]4C)nc3)cc2NC(=O)c2cn(C)c(=O)cc2C(F)F)CCN1C. The number of ether oxygens (including phenoxy) is 1. The Balaban J connectivity index is 1.53. The van der Waals surface area contributed by atoms with Crippen LogP contribution in [0.4, 0.5) is 30.5 Å². The third-order valence-corrected chi connectivity index (χ3v) is 7.95. The summed E-state index contributed by atoms with van der Waals surface area (Å²) in [7, 11) is 3.38. The van der Waals surface area contributed by atoms with Gasteiger partial charge in [-0.1, -0.05) is 0 Å². The Morgan fingerprint density at radius 1 is 1.07 bits per heavy atom. The van der Waals surface area contributed by atoms with Gasteiger partial charge in [-0.15, -0.1) is 0 Å². The lowest BCUT2D eigenvalue weighted by molar-refractivity contribution is 0.0981. The molecule has 10 nitrogen and oxygen atoms in total. The van der Waals surface area contributed by atoms with Crippen LogP contribution in [0.3, 0.4) is 0 Å². The minimum atomic E-state index is -3.04. The smallest absolute Gasteiger partial charge is 0.264 e. The molecule has 1 aromatic carbocycles. The van der Waals surface area contributed by atoms with Crippen LogP contribution in [0.5, 0.6) is 0 Å². The number of anilines is 3. The second kappa shape index (κ2) is 12.1. The van der Waals surface area contributed by atoms with E-state index >= 15 is 4.39 Å². The molecule has 2 fully saturated rings. The molecule has 2 aromatic heterocycles. The molecule has 3 aromatic rings. The minimum Gasteiger partial charge on any atom is -0.377 e. The first-order chi connectivity index (χ1) is 20.0. The number of morpholine rings is 1. The van der Waals surface area contributed by atoms with Gasteiger partial charge in [0.25, 0.3) is 17.9 Å². The molecule has 0 unspecified atom stereocenters. The molecule has 224 valence electrons. The van der Waals surface area contributed by atoms with Crippen molar-refractivity contribution < 1.29 is 22.7 Å². The number of rotatable bonds is 6. The third kappa shape index (κ3) is 5.97. The number of nitrogens with one attached hydrogen (secondary N) is 1. The Morgan fingerprint density at radius 2 is 1.81 bits per heavy atom. The van der Waals surface area contributed by atoms with E-state index in [0.29, 0.717) is 56.6 Å². The summed E-state index contributed by atoms with van der Waals surface area (Å²) in [5, 5.41) is 2.73. The van der Waals surface area contributed by atoms with E-state index in [4.69, 9.17) is 4.74 Å². The molecule has 5 rings (SSSR count). The van der Waals surface area contributed by atoms with Crippen LogP contribution < -0.4 is 20.7 Å². The summed E-state index contributed by atoms with van der Waals surface area (Å²) >= 11 is 0. The van der Waals surface area contributed by atoms with Gasteiger partial charge in [0.05, 0.1) is 36.2 Å². The highest BCUT2D eigenvalue weighted by atomic mass is 19.3. The molecular formula is C29H34F3N7O3. The summed E-state index contributed by atoms with van der Waals surface area (Å²) in [6, 6.07) is 3.82. The third-order valence-electron chi connectivity index (χ3n) is 7.95. The van der Waals surface area contributed by atoms with Crippen LogP contribution in [-0.4, -0.2) is 83.9 Å². The molecule has 2 saturated heterocycles. The molecule has 0 aliphatic carbocycles. The lowest BCUT2D eigenvalue weighted by Gasteiger charge is -2.39. The summed E-state index contributed by atoms with van der Waals surface area (Å²) < 4.78 is 49.9. The number of nitrogens with zero attached hydrogens (tertiary/aromatic N) is 6. The van der Waals surface area contributed by atoms with Crippen molar-refractivity contribution in [2.24, 2.45) is 7.05 Å². The first-order valence-corrected chi connectivity index (χ1v) is 13.8. The molecule has 0 spiro atoms. The Kier molecular flexibility index (Phi) is 8.50. The number of carbonyl (C=O) groups is 1. The first-order valence-electron chi connectivity index (χ1n) is 13.8. The molecule has 0 saturated carbocycles. The summed E-state index contributed by atoms with van der Waals surface area (Å²) in [5.74, 6) is -0.878. The summed E-state index contributed by atoms with van der Waals surface area (Å²) in [6.07, 6.45) is 1.09. The molecule has 0 radical (unpaired) electrons. The maximum absolute atomic E-state index is 15.7. The number of piperazine rings is 1. The van der Waals surface area contributed by atoms with Gasteiger partial charge < -0.3 is 29.3 Å². The van der Waals surface area contributed by atoms with Gasteiger partial charge in [-0.25, -0.2) is 23.1 Å². The maximum atomic E-state index is 15.7. The topological polar surface area (TPSA) is 95.8 Å². The standard InChI is InChI=1S/C29H34F3N7O3/c1-17-14-38(6-5-36(17)3)25-11-23(30)20(19-12-33-29(34-13-19)39-7-8-42-16-18(39)2)9-24(25)35-28(41)22-15-37(4)26(40)10-21(22)27(31)32/h9-13,15,17-18,27H,5-8,14,16H2,1-4H3,(H,35,41)/t17-,18-/m0/s1. The van der Waals surface area contributed by atoms with Gasteiger partial charge in [0.15, 0.2) is 0 Å². The molecule has 4 heterocycles. The van der Waals surface area contributed by atoms with Gasteiger partial charge in [0, 0.05) is 80.6 Å². The van der Waals surface area contributed by atoms with Crippen molar-refractivity contribution in [1.29, 1.82) is 0 Å². The van der Waals surface area contributed by atoms with Crippen molar-refractivity contribution in [3.63, 3.8) is 0 Å². The predicted molar refractivity (Wildman–Crippen MR) is 154 cm³/mol. The Bertz CT molecular complexity index is 1520. The zero-order valence-corrected chi connectivity index (χ0v) is 24.0. The zero-order valence-electron chi connectivity index (χ0n) is 24.0. The maximum Gasteiger partial charge on any atom is 0.264 e. The second-order valence-electron chi connectivity index (χ2n) is 10.9. The molecule has 2 atom stereocenters. The largest absolute Gasteiger partial charge is 0.377 e. The fourth-order valence-electron chi connectivity index (χ4n) is 5.25. The molecular weight excluding hydrogens is 551 g/mol. The number of hydrogen-bond donors (Lipinski definition) is 1. The van der Waals surface area contributed by atoms with Gasteiger partial charge in [-0.2, -0.15) is 0 Å². The van der Waals surface area contributed by atoms with E-state index in [9.17, 15) is 18.4 Å². The number of aromatic nitrogens is 3. The molecule has 0 bridgehead atoms. The number of benzene rings is 1. The van der Waals surface area contributed by atoms with Crippen molar-refractivity contribution in [3.8, 4) is 11.1 Å². The number of carbonyl (C=O) groups excluding carboxylic acids is 1. The number of halogens is 3. The number of pyridine rings is 1. The first kappa shape index (κ1) is 29.5. The van der Waals surface area contributed by atoms with E-state index in [2.05, 4.69) is 20.2 Å². The highest BCUT2D eigenvalue weighted by Gasteiger charge is 2.27. The molecule has 42 heavy (non-hydrogen) atoms. The monoisotopic (exact) mass is 585 g/mol. The number of hydrogen-bond acceptors (Lipinski definition) is 8. The average molecular weight is 586 g/mol. The van der Waals surface area contributed by atoms with Crippen molar-refractivity contribution in [3.05, 3.63) is 64.1 Å². The Labute approximate surface area is 241 Å². The Hall–Kier alpha value is -3.97. The fraction of sp³-hybridized carbons (Fsp3) is 0.448. The van der Waals surface area contributed by atoms with Crippen molar-refractivity contribution in [2.45, 2.75) is 32.4 Å². The van der Waals surface area contributed by atoms with E-state index in [1.807, 2.05) is 30.7 Å². The molecule has 2 aliphatic heterocycles. The van der Waals surface area contributed by atoms with Crippen LogP contribution in [0.2, 0.25) is 0 Å². The van der Waals surface area contributed by atoms with E-state index in [1.165, 1.54) is 31.6 Å². The molecule has 1 amide bonds. The van der Waals surface area contributed by atoms with Crippen molar-refractivity contribution in [1.82, 2.24) is 19.4 Å². The highest BCUT2D eigenvalue weighted by molar-refractivity contribution is 6.07. The Morgan fingerprint density at radius 3 is 2.48 bits per heavy atom. The van der Waals surface area contributed by atoms with E-state index in [-0.39, 0.29) is 28.9 Å². The lowest BCUT2D eigenvalue weighted by Crippen LogP contribution is -2.50.